The van der Waals surface area contributed by atoms with Crippen LogP contribution < -0.4 is 0 Å². The molecule has 1 N–H and O–H groups in total. The van der Waals surface area contributed by atoms with E-state index in [4.69, 9.17) is 4.98 Å². The fourth-order valence-electron chi connectivity index (χ4n) is 3.76. The van der Waals surface area contributed by atoms with Gasteiger partial charge in [-0.1, -0.05) is 0 Å². The van der Waals surface area contributed by atoms with E-state index in [0.717, 1.165) is 33.4 Å². The van der Waals surface area contributed by atoms with Gasteiger partial charge in [-0.05, 0) is 44.0 Å². The van der Waals surface area contributed by atoms with Gasteiger partial charge in [0.15, 0.2) is 5.65 Å². The summed E-state index contributed by atoms with van der Waals surface area (Å²) in [6, 6.07) is 7.74. The van der Waals surface area contributed by atoms with E-state index in [9.17, 15) is 13.9 Å². The van der Waals surface area contributed by atoms with Crippen molar-refractivity contribution < 1.29 is 13.9 Å². The molecule has 5 rings (SSSR count). The van der Waals surface area contributed by atoms with Crippen LogP contribution in [0.5, 0.6) is 0 Å². The van der Waals surface area contributed by atoms with E-state index >= 15 is 0 Å². The first-order valence-corrected chi connectivity index (χ1v) is 10.0. The quantitative estimate of drug-likeness (QED) is 0.544. The molecule has 1 aliphatic rings. The average Bonchev–Trinajstić information content (AvgIpc) is 3.27. The van der Waals surface area contributed by atoms with Gasteiger partial charge < -0.3 is 5.11 Å². The number of fused-ring (bicyclic) bond motifs is 2. The summed E-state index contributed by atoms with van der Waals surface area (Å²) in [5, 5.41) is 16.9. The number of halogens is 2. The Labute approximate surface area is 163 Å². The first-order chi connectivity index (χ1) is 13.4. The van der Waals surface area contributed by atoms with Crippen molar-refractivity contribution in [3.63, 3.8) is 0 Å². The zero-order valence-corrected chi connectivity index (χ0v) is 16.0. The molecule has 5 nitrogen and oxygen atoms in total. The Kier molecular flexibility index (Phi) is 3.96. The lowest BCUT2D eigenvalue weighted by Crippen LogP contribution is -2.43. The van der Waals surface area contributed by atoms with Gasteiger partial charge in [-0.15, -0.1) is 11.3 Å². The Morgan fingerprint density at radius 2 is 2.11 bits per heavy atom. The molecule has 0 bridgehead atoms. The Balaban J connectivity index is 1.48. The minimum absolute atomic E-state index is 0.104. The highest BCUT2D eigenvalue weighted by atomic mass is 32.1. The van der Waals surface area contributed by atoms with Crippen LogP contribution in [0.3, 0.4) is 0 Å². The van der Waals surface area contributed by atoms with Crippen LogP contribution in [0.15, 0.2) is 36.7 Å². The maximum absolute atomic E-state index is 12.8. The van der Waals surface area contributed by atoms with Gasteiger partial charge in [-0.25, -0.2) is 18.7 Å². The van der Waals surface area contributed by atoms with E-state index in [1.54, 1.807) is 6.20 Å². The standard InChI is InChI=1S/C20H18F2N4OS/c1-2-26-10-13-5-12(9-23-18(13)25-26)15-4-3-11-6-16(28-19(11)24-15)20(27)7-14(8-20)17(21)22/h3-6,9-10,14,17,27H,2,7-8H2,1H3. The van der Waals surface area contributed by atoms with Crippen LogP contribution in [0.1, 0.15) is 24.6 Å². The average molecular weight is 400 g/mol. The van der Waals surface area contributed by atoms with Gasteiger partial charge >= 0.3 is 0 Å². The van der Waals surface area contributed by atoms with Gasteiger partial charge in [0.05, 0.1) is 11.3 Å². The van der Waals surface area contributed by atoms with E-state index in [1.165, 1.54) is 11.3 Å². The highest BCUT2D eigenvalue weighted by molar-refractivity contribution is 7.18. The highest BCUT2D eigenvalue weighted by Crippen LogP contribution is 2.50. The number of aliphatic hydroxyl groups is 1. The molecule has 0 spiro atoms. The molecule has 0 amide bonds. The maximum Gasteiger partial charge on any atom is 0.241 e. The second-order valence-corrected chi connectivity index (χ2v) is 8.39. The Bertz CT molecular complexity index is 1180. The molecule has 0 unspecified atom stereocenters. The lowest BCUT2D eigenvalue weighted by molar-refractivity contribution is -0.124. The summed E-state index contributed by atoms with van der Waals surface area (Å²) in [6.45, 7) is 2.80. The molecule has 8 heteroatoms. The third kappa shape index (κ3) is 2.79. The van der Waals surface area contributed by atoms with Crippen LogP contribution in [0.2, 0.25) is 0 Å². The van der Waals surface area contributed by atoms with Gasteiger partial charge in [0.1, 0.15) is 4.83 Å². The molecule has 0 aliphatic heterocycles. The number of hydrogen-bond donors (Lipinski definition) is 1. The molecule has 4 aromatic heterocycles. The largest absolute Gasteiger partial charge is 0.384 e. The van der Waals surface area contributed by atoms with Crippen LogP contribution in [-0.2, 0) is 12.1 Å². The van der Waals surface area contributed by atoms with Crippen molar-refractivity contribution in [2.45, 2.75) is 38.3 Å². The number of hydrogen-bond acceptors (Lipinski definition) is 5. The van der Waals surface area contributed by atoms with E-state index in [0.29, 0.717) is 10.5 Å². The molecule has 4 heterocycles. The SMILES string of the molecule is CCn1cc2cc(-c3ccc4cc(C5(O)CC(C(F)F)C5)sc4n3)cnc2n1. The summed E-state index contributed by atoms with van der Waals surface area (Å²) >= 11 is 1.37. The van der Waals surface area contributed by atoms with Gasteiger partial charge in [-0.3, -0.25) is 4.68 Å². The van der Waals surface area contributed by atoms with Crippen molar-refractivity contribution in [3.8, 4) is 11.3 Å². The number of aromatic nitrogens is 4. The number of aryl methyl sites for hydroxylation is 1. The summed E-state index contributed by atoms with van der Waals surface area (Å²) in [5.41, 5.74) is 1.22. The van der Waals surface area contributed by atoms with Gasteiger partial charge in [0, 0.05) is 46.1 Å². The summed E-state index contributed by atoms with van der Waals surface area (Å²) < 4.78 is 27.4. The molecular formula is C20H18F2N4OS. The van der Waals surface area contributed by atoms with Crippen LogP contribution >= 0.6 is 11.3 Å². The topological polar surface area (TPSA) is 63.8 Å². The molecule has 0 atom stereocenters. The van der Waals surface area contributed by atoms with Crippen LogP contribution in [-0.4, -0.2) is 31.3 Å². The van der Waals surface area contributed by atoms with Gasteiger partial charge in [-0.2, -0.15) is 5.10 Å². The fraction of sp³-hybridized carbons (Fsp3) is 0.350. The first kappa shape index (κ1) is 17.6. The minimum atomic E-state index is -2.38. The number of rotatable bonds is 4. The molecule has 1 saturated carbocycles. The predicted molar refractivity (Wildman–Crippen MR) is 104 cm³/mol. The molecule has 0 aromatic carbocycles. The normalized spacial score (nSPS) is 22.2. The number of thiophene rings is 1. The molecule has 144 valence electrons. The third-order valence-electron chi connectivity index (χ3n) is 5.42. The third-order valence-corrected chi connectivity index (χ3v) is 6.66. The Morgan fingerprint density at radius 3 is 2.86 bits per heavy atom. The second-order valence-electron chi connectivity index (χ2n) is 7.36. The molecule has 0 radical (unpaired) electrons. The molecular weight excluding hydrogens is 382 g/mol. The summed E-state index contributed by atoms with van der Waals surface area (Å²) in [5.74, 6) is -0.722. The molecule has 0 saturated heterocycles. The fourth-order valence-corrected chi connectivity index (χ4v) is 4.90. The smallest absolute Gasteiger partial charge is 0.241 e. The van der Waals surface area contributed by atoms with Gasteiger partial charge in [0.2, 0.25) is 6.43 Å². The lowest BCUT2D eigenvalue weighted by Gasteiger charge is -2.42. The zero-order valence-electron chi connectivity index (χ0n) is 15.1. The van der Waals surface area contributed by atoms with Crippen molar-refractivity contribution in [1.29, 1.82) is 0 Å². The highest BCUT2D eigenvalue weighted by Gasteiger charge is 2.48. The second kappa shape index (κ2) is 6.28. The van der Waals surface area contributed by atoms with Crippen LogP contribution in [0, 0.1) is 5.92 Å². The molecule has 28 heavy (non-hydrogen) atoms. The van der Waals surface area contributed by atoms with Crippen molar-refractivity contribution >= 4 is 32.6 Å². The zero-order chi connectivity index (χ0) is 19.5. The Hall–Kier alpha value is -2.45. The lowest BCUT2D eigenvalue weighted by atomic mass is 9.70. The number of pyridine rings is 2. The Morgan fingerprint density at radius 1 is 1.29 bits per heavy atom. The van der Waals surface area contributed by atoms with Crippen molar-refractivity contribution in [3.05, 3.63) is 41.5 Å². The van der Waals surface area contributed by atoms with Crippen molar-refractivity contribution in [2.24, 2.45) is 5.92 Å². The first-order valence-electron chi connectivity index (χ1n) is 9.20. The molecule has 4 aromatic rings. The maximum atomic E-state index is 12.8. The summed E-state index contributed by atoms with van der Waals surface area (Å²) in [4.78, 5) is 10.6. The van der Waals surface area contributed by atoms with Crippen LogP contribution in [0.25, 0.3) is 32.5 Å². The molecule has 1 aliphatic carbocycles. The van der Waals surface area contributed by atoms with E-state index in [1.807, 2.05) is 42.1 Å². The summed E-state index contributed by atoms with van der Waals surface area (Å²) in [6.07, 6.45) is 1.54. The minimum Gasteiger partial charge on any atom is -0.384 e. The summed E-state index contributed by atoms with van der Waals surface area (Å²) in [7, 11) is 0. The van der Waals surface area contributed by atoms with Crippen LogP contribution in [0.4, 0.5) is 8.78 Å². The monoisotopic (exact) mass is 400 g/mol. The van der Waals surface area contributed by atoms with E-state index in [2.05, 4.69) is 10.1 Å². The van der Waals surface area contributed by atoms with E-state index in [-0.39, 0.29) is 12.8 Å². The predicted octanol–water partition coefficient (Wildman–Crippen LogP) is 4.59. The van der Waals surface area contributed by atoms with E-state index < -0.39 is 17.9 Å². The molecule has 1 fully saturated rings. The number of alkyl halides is 2. The van der Waals surface area contributed by atoms with Crippen molar-refractivity contribution in [2.75, 3.05) is 0 Å². The van der Waals surface area contributed by atoms with Crippen molar-refractivity contribution in [1.82, 2.24) is 19.7 Å². The number of nitrogens with zero attached hydrogens (tertiary/aromatic N) is 4. The van der Waals surface area contributed by atoms with Gasteiger partial charge in [0.25, 0.3) is 0 Å².